The summed E-state index contributed by atoms with van der Waals surface area (Å²) in [7, 11) is 1.88. The second-order valence-corrected chi connectivity index (χ2v) is 5.32. The topological polar surface area (TPSA) is 44.1 Å². The van der Waals surface area contributed by atoms with Gasteiger partial charge in [-0.3, -0.25) is 0 Å². The van der Waals surface area contributed by atoms with Crippen LogP contribution in [-0.4, -0.2) is 22.1 Å². The summed E-state index contributed by atoms with van der Waals surface area (Å²) in [6.07, 6.45) is 0. The van der Waals surface area contributed by atoms with E-state index in [1.54, 1.807) is 6.92 Å². The van der Waals surface area contributed by atoms with Crippen LogP contribution in [0.2, 0.25) is 0 Å². The molecule has 0 bridgehead atoms. The van der Waals surface area contributed by atoms with Crippen molar-refractivity contribution in [3.63, 3.8) is 0 Å². The number of carbonyl (C=O) groups excluding carboxylic acids is 1. The number of hydrogen-bond donors (Lipinski definition) is 0. The lowest BCUT2D eigenvalue weighted by atomic mass is 9.90. The molecule has 16 heavy (non-hydrogen) atoms. The molecule has 0 N–H and O–H groups in total. The molecule has 0 spiro atoms. The highest BCUT2D eigenvalue weighted by Gasteiger charge is 2.29. The molecule has 0 amide bonds. The largest absolute Gasteiger partial charge is 0.461 e. The van der Waals surface area contributed by atoms with Crippen molar-refractivity contribution >= 4 is 21.9 Å². The summed E-state index contributed by atoms with van der Waals surface area (Å²) in [4.78, 5) is 16.0. The van der Waals surface area contributed by atoms with Crippen molar-refractivity contribution in [1.82, 2.24) is 9.55 Å². The second-order valence-electron chi connectivity index (χ2n) is 4.61. The fourth-order valence-corrected chi connectivity index (χ4v) is 2.03. The molecular formula is C11H17BrN2O2. The molecule has 1 rings (SSSR count). The Kier molecular flexibility index (Phi) is 3.78. The molecule has 0 saturated heterocycles. The molecular weight excluding hydrogens is 272 g/mol. The SMILES string of the molecule is CCOC(=O)c1nc(Br)n(C)c1C(C)(C)C. The van der Waals surface area contributed by atoms with Gasteiger partial charge in [0.15, 0.2) is 10.4 Å². The first-order valence-corrected chi connectivity index (χ1v) is 5.98. The predicted molar refractivity (Wildman–Crippen MR) is 65.6 cm³/mol. The Bertz CT molecular complexity index is 405. The maximum Gasteiger partial charge on any atom is 0.358 e. The van der Waals surface area contributed by atoms with Gasteiger partial charge < -0.3 is 9.30 Å². The van der Waals surface area contributed by atoms with Gasteiger partial charge in [0, 0.05) is 12.5 Å². The number of nitrogens with zero attached hydrogens (tertiary/aromatic N) is 2. The third-order valence-electron chi connectivity index (χ3n) is 2.22. The molecule has 1 heterocycles. The monoisotopic (exact) mass is 288 g/mol. The maximum atomic E-state index is 11.8. The lowest BCUT2D eigenvalue weighted by Crippen LogP contribution is -2.21. The summed E-state index contributed by atoms with van der Waals surface area (Å²) in [6, 6.07) is 0. The van der Waals surface area contributed by atoms with Crippen molar-refractivity contribution < 1.29 is 9.53 Å². The van der Waals surface area contributed by atoms with Gasteiger partial charge in [0.2, 0.25) is 0 Å². The zero-order valence-corrected chi connectivity index (χ0v) is 11.9. The third-order valence-corrected chi connectivity index (χ3v) is 2.93. The van der Waals surface area contributed by atoms with Crippen molar-refractivity contribution in [3.05, 3.63) is 16.1 Å². The van der Waals surface area contributed by atoms with Crippen LogP contribution in [0.4, 0.5) is 0 Å². The van der Waals surface area contributed by atoms with E-state index < -0.39 is 0 Å². The standard InChI is InChI=1S/C11H17BrN2O2/c1-6-16-9(15)7-8(11(2,3)4)14(5)10(12)13-7/h6H2,1-5H3. The molecule has 0 saturated carbocycles. The van der Waals surface area contributed by atoms with E-state index in [2.05, 4.69) is 20.9 Å². The van der Waals surface area contributed by atoms with Crippen molar-refractivity contribution in [2.45, 2.75) is 33.1 Å². The Balaban J connectivity index is 3.29. The third kappa shape index (κ3) is 2.45. The minimum atomic E-state index is -0.367. The average Bonchev–Trinajstić information content (AvgIpc) is 2.43. The molecule has 0 aromatic carbocycles. The van der Waals surface area contributed by atoms with E-state index in [1.807, 2.05) is 32.4 Å². The van der Waals surface area contributed by atoms with Gasteiger partial charge in [-0.15, -0.1) is 0 Å². The van der Waals surface area contributed by atoms with E-state index in [1.165, 1.54) is 0 Å². The lowest BCUT2D eigenvalue weighted by molar-refractivity contribution is 0.0516. The number of hydrogen-bond acceptors (Lipinski definition) is 3. The Morgan fingerprint density at radius 2 is 2.06 bits per heavy atom. The summed E-state index contributed by atoms with van der Waals surface area (Å²) >= 11 is 3.32. The molecule has 90 valence electrons. The van der Waals surface area contributed by atoms with Gasteiger partial charge >= 0.3 is 5.97 Å². The summed E-state index contributed by atoms with van der Waals surface area (Å²) in [6.45, 7) is 8.26. The molecule has 0 fully saturated rings. The molecule has 0 radical (unpaired) electrons. The van der Waals surface area contributed by atoms with Crippen molar-refractivity contribution in [1.29, 1.82) is 0 Å². The van der Waals surface area contributed by atoms with E-state index in [0.29, 0.717) is 17.0 Å². The van der Waals surface area contributed by atoms with E-state index in [4.69, 9.17) is 4.74 Å². The molecule has 0 atom stereocenters. The zero-order chi connectivity index (χ0) is 12.5. The molecule has 4 nitrogen and oxygen atoms in total. The lowest BCUT2D eigenvalue weighted by Gasteiger charge is -2.20. The fraction of sp³-hybridized carbons (Fsp3) is 0.636. The number of halogens is 1. The smallest absolute Gasteiger partial charge is 0.358 e. The summed E-state index contributed by atoms with van der Waals surface area (Å²) < 4.78 is 7.50. The zero-order valence-electron chi connectivity index (χ0n) is 10.3. The average molecular weight is 289 g/mol. The number of imidazole rings is 1. The number of carbonyl (C=O) groups is 1. The van der Waals surface area contributed by atoms with Crippen LogP contribution < -0.4 is 0 Å². The van der Waals surface area contributed by atoms with Gasteiger partial charge in [0.25, 0.3) is 0 Å². The maximum absolute atomic E-state index is 11.8. The van der Waals surface area contributed by atoms with Gasteiger partial charge in [-0.05, 0) is 22.9 Å². The first kappa shape index (κ1) is 13.2. The second kappa shape index (κ2) is 4.57. The van der Waals surface area contributed by atoms with Gasteiger partial charge in [0.05, 0.1) is 12.3 Å². The molecule has 0 aliphatic heterocycles. The summed E-state index contributed by atoms with van der Waals surface area (Å²) in [5.41, 5.74) is 1.11. The van der Waals surface area contributed by atoms with Crippen LogP contribution in [0.5, 0.6) is 0 Å². The molecule has 0 unspecified atom stereocenters. The van der Waals surface area contributed by atoms with Crippen LogP contribution in [-0.2, 0) is 17.2 Å². The van der Waals surface area contributed by atoms with Crippen molar-refractivity contribution in [2.24, 2.45) is 7.05 Å². The van der Waals surface area contributed by atoms with Gasteiger partial charge in [-0.25, -0.2) is 9.78 Å². The Hall–Kier alpha value is -0.840. The quantitative estimate of drug-likeness (QED) is 0.786. The van der Waals surface area contributed by atoms with E-state index >= 15 is 0 Å². The summed E-state index contributed by atoms with van der Waals surface area (Å²) in [5.74, 6) is -0.367. The van der Waals surface area contributed by atoms with E-state index in [0.717, 1.165) is 5.69 Å². The number of aromatic nitrogens is 2. The van der Waals surface area contributed by atoms with Crippen LogP contribution in [0.15, 0.2) is 4.73 Å². The molecule has 0 aliphatic carbocycles. The van der Waals surface area contributed by atoms with Crippen molar-refractivity contribution in [3.8, 4) is 0 Å². The Morgan fingerprint density at radius 1 is 1.50 bits per heavy atom. The Morgan fingerprint density at radius 3 is 2.50 bits per heavy atom. The highest BCUT2D eigenvalue weighted by Crippen LogP contribution is 2.28. The number of esters is 1. The molecule has 5 heteroatoms. The van der Waals surface area contributed by atoms with Crippen LogP contribution >= 0.6 is 15.9 Å². The molecule has 0 aliphatic rings. The molecule has 1 aromatic heterocycles. The number of rotatable bonds is 2. The van der Waals surface area contributed by atoms with E-state index in [9.17, 15) is 4.79 Å². The van der Waals surface area contributed by atoms with Crippen LogP contribution in [0.3, 0.4) is 0 Å². The fourth-order valence-electron chi connectivity index (χ4n) is 1.67. The minimum absolute atomic E-state index is 0.157. The number of ether oxygens (including phenoxy) is 1. The van der Waals surface area contributed by atoms with E-state index in [-0.39, 0.29) is 11.4 Å². The first-order chi connectivity index (χ1) is 7.29. The first-order valence-electron chi connectivity index (χ1n) is 5.18. The Labute approximate surface area is 104 Å². The van der Waals surface area contributed by atoms with Crippen LogP contribution in [0.25, 0.3) is 0 Å². The van der Waals surface area contributed by atoms with Gasteiger partial charge in [-0.2, -0.15) is 0 Å². The predicted octanol–water partition coefficient (Wildman–Crippen LogP) is 2.66. The molecule has 1 aromatic rings. The van der Waals surface area contributed by atoms with Crippen LogP contribution in [0, 0.1) is 0 Å². The van der Waals surface area contributed by atoms with Gasteiger partial charge in [-0.1, -0.05) is 20.8 Å². The van der Waals surface area contributed by atoms with Crippen LogP contribution in [0.1, 0.15) is 43.9 Å². The highest BCUT2D eigenvalue weighted by molar-refractivity contribution is 9.10. The summed E-state index contributed by atoms with van der Waals surface area (Å²) in [5, 5.41) is 0. The van der Waals surface area contributed by atoms with Crippen molar-refractivity contribution in [2.75, 3.05) is 6.61 Å². The normalized spacial score (nSPS) is 11.6. The minimum Gasteiger partial charge on any atom is -0.461 e. The van der Waals surface area contributed by atoms with Gasteiger partial charge in [0.1, 0.15) is 0 Å². The highest BCUT2D eigenvalue weighted by atomic mass is 79.9.